The largest absolute Gasteiger partial charge is 0.491 e. The van der Waals surface area contributed by atoms with Gasteiger partial charge in [0.2, 0.25) is 5.95 Å². The molecule has 0 spiro atoms. The van der Waals surface area contributed by atoms with E-state index in [0.717, 1.165) is 31.9 Å². The highest BCUT2D eigenvalue weighted by Gasteiger charge is 2.26. The number of hydrogen-bond acceptors (Lipinski definition) is 7. The zero-order chi connectivity index (χ0) is 20.7. The van der Waals surface area contributed by atoms with E-state index in [2.05, 4.69) is 22.6 Å². The lowest BCUT2D eigenvalue weighted by Gasteiger charge is -2.18. The van der Waals surface area contributed by atoms with Crippen LogP contribution in [0.2, 0.25) is 10.0 Å². The van der Waals surface area contributed by atoms with Crippen LogP contribution in [-0.2, 0) is 6.42 Å². The van der Waals surface area contributed by atoms with Crippen molar-refractivity contribution in [2.24, 2.45) is 0 Å². The van der Waals surface area contributed by atoms with Crippen LogP contribution in [0.25, 0.3) is 27.2 Å². The molecule has 0 fully saturated rings. The Morgan fingerprint density at radius 2 is 2.17 bits per heavy atom. The first-order valence-electron chi connectivity index (χ1n) is 8.89. The second-order valence-electron chi connectivity index (χ2n) is 6.66. The number of benzene rings is 1. The summed E-state index contributed by atoms with van der Waals surface area (Å²) < 4.78 is 5.69. The number of thiophene rings is 1. The third-order valence-corrected chi connectivity index (χ3v) is 6.49. The average molecular weight is 446 g/mol. The van der Waals surface area contributed by atoms with Gasteiger partial charge in [-0.05, 0) is 12.1 Å². The number of nitriles is 1. The fourth-order valence-electron chi connectivity index (χ4n) is 3.37. The summed E-state index contributed by atoms with van der Waals surface area (Å²) in [6.07, 6.45) is 1.11. The van der Waals surface area contributed by atoms with Crippen LogP contribution in [0.15, 0.2) is 18.7 Å². The molecule has 0 radical (unpaired) electrons. The lowest BCUT2D eigenvalue weighted by Crippen LogP contribution is -2.16. The van der Waals surface area contributed by atoms with E-state index in [4.69, 9.17) is 38.9 Å². The topological polar surface area (TPSA) is 88.1 Å². The van der Waals surface area contributed by atoms with Crippen LogP contribution < -0.4 is 10.5 Å². The molecule has 0 atom stereocenters. The minimum absolute atomic E-state index is 0.169. The summed E-state index contributed by atoms with van der Waals surface area (Å²) in [4.78, 5) is 12.5. The summed E-state index contributed by atoms with van der Waals surface area (Å²) in [5, 5.41) is 10.7. The van der Waals surface area contributed by atoms with Gasteiger partial charge in [0.1, 0.15) is 10.6 Å². The zero-order valence-corrected chi connectivity index (χ0v) is 18.0. The Morgan fingerprint density at radius 1 is 1.38 bits per heavy atom. The minimum atomic E-state index is 0.169. The van der Waals surface area contributed by atoms with Crippen LogP contribution in [0, 0.1) is 11.3 Å². The second-order valence-corrected chi connectivity index (χ2v) is 8.50. The molecule has 6 nitrogen and oxygen atoms in total. The molecule has 0 unspecified atom stereocenters. The molecule has 9 heteroatoms. The number of nitrogens with zero attached hydrogens (tertiary/aromatic N) is 4. The monoisotopic (exact) mass is 445 g/mol. The van der Waals surface area contributed by atoms with Crippen LogP contribution in [-0.4, -0.2) is 35.1 Å². The first kappa shape index (κ1) is 19.8. The number of hydrogen-bond donors (Lipinski definition) is 1. The van der Waals surface area contributed by atoms with Crippen molar-refractivity contribution in [2.45, 2.75) is 12.8 Å². The Balaban J connectivity index is 1.88. The van der Waals surface area contributed by atoms with Crippen molar-refractivity contribution < 1.29 is 4.74 Å². The zero-order valence-electron chi connectivity index (χ0n) is 15.6. The third kappa shape index (κ3) is 3.48. The van der Waals surface area contributed by atoms with Crippen molar-refractivity contribution >= 4 is 56.4 Å². The van der Waals surface area contributed by atoms with E-state index in [1.54, 1.807) is 6.07 Å². The quantitative estimate of drug-likeness (QED) is 0.594. The van der Waals surface area contributed by atoms with Gasteiger partial charge in [-0.25, -0.2) is 9.97 Å². The lowest BCUT2D eigenvalue weighted by atomic mass is 10.00. The highest BCUT2D eigenvalue weighted by molar-refractivity contribution is 7.19. The highest BCUT2D eigenvalue weighted by Crippen LogP contribution is 2.46. The van der Waals surface area contributed by atoms with Crippen molar-refractivity contribution in [1.82, 2.24) is 14.9 Å². The third-order valence-electron chi connectivity index (χ3n) is 4.83. The normalized spacial score (nSPS) is 12.5. The average Bonchev–Trinajstić information content (AvgIpc) is 3.32. The smallest absolute Gasteiger partial charge is 0.221 e. The van der Waals surface area contributed by atoms with Crippen molar-refractivity contribution in [3.8, 4) is 23.1 Å². The van der Waals surface area contributed by atoms with Gasteiger partial charge in [0, 0.05) is 42.2 Å². The van der Waals surface area contributed by atoms with Gasteiger partial charge >= 0.3 is 0 Å². The molecule has 0 saturated heterocycles. The summed E-state index contributed by atoms with van der Waals surface area (Å²) in [6.45, 7) is 5.31. The van der Waals surface area contributed by atoms with E-state index in [-0.39, 0.29) is 5.95 Å². The predicted molar refractivity (Wildman–Crippen MR) is 118 cm³/mol. The van der Waals surface area contributed by atoms with E-state index in [1.165, 1.54) is 11.3 Å². The number of anilines is 1. The SMILES string of the molecule is C=C(c1cc2c(-c3c(Cl)cc(Cl)c4c3CCO4)nc(N)nc2s1)N(C)CCC#N. The summed E-state index contributed by atoms with van der Waals surface area (Å²) >= 11 is 14.4. The van der Waals surface area contributed by atoms with Crippen LogP contribution in [0.1, 0.15) is 16.9 Å². The fraction of sp³-hybridized carbons (Fsp3) is 0.250. The van der Waals surface area contributed by atoms with Crippen molar-refractivity contribution in [3.63, 3.8) is 0 Å². The van der Waals surface area contributed by atoms with Gasteiger partial charge in [0.05, 0.1) is 39.7 Å². The van der Waals surface area contributed by atoms with Gasteiger partial charge in [0.15, 0.2) is 0 Å². The molecule has 1 aliphatic rings. The van der Waals surface area contributed by atoms with Gasteiger partial charge in [-0.1, -0.05) is 29.8 Å². The Morgan fingerprint density at radius 3 is 2.93 bits per heavy atom. The number of aromatic nitrogens is 2. The van der Waals surface area contributed by atoms with Gasteiger partial charge in [-0.2, -0.15) is 5.26 Å². The molecule has 29 heavy (non-hydrogen) atoms. The van der Waals surface area contributed by atoms with Crippen LogP contribution >= 0.6 is 34.5 Å². The standard InChI is InChI=1S/C20H17Cl2N5OS/c1-10(27(2)6-3-5-23)15-8-12-17(25-20(24)26-19(12)29-15)16-11-4-7-28-18(11)14(22)9-13(16)21/h8-9H,1,3-4,6-7H2,2H3,(H2,24,25,26). The maximum Gasteiger partial charge on any atom is 0.221 e. The molecule has 0 saturated carbocycles. The van der Waals surface area contributed by atoms with E-state index in [1.807, 2.05) is 18.0 Å². The maximum atomic E-state index is 8.83. The molecule has 3 heterocycles. The molecule has 1 aliphatic heterocycles. The Bertz CT molecular complexity index is 1180. The summed E-state index contributed by atoms with van der Waals surface area (Å²) in [6, 6.07) is 5.82. The van der Waals surface area contributed by atoms with Gasteiger partial charge < -0.3 is 15.4 Å². The summed E-state index contributed by atoms with van der Waals surface area (Å²) in [5.41, 5.74) is 9.18. The number of ether oxygens (including phenoxy) is 1. The molecule has 0 bridgehead atoms. The summed E-state index contributed by atoms with van der Waals surface area (Å²) in [5.74, 6) is 0.815. The van der Waals surface area contributed by atoms with E-state index < -0.39 is 0 Å². The molecule has 3 aromatic rings. The first-order valence-corrected chi connectivity index (χ1v) is 10.5. The molecule has 2 aromatic heterocycles. The molecule has 1 aromatic carbocycles. The molecular formula is C20H17Cl2N5OS. The predicted octanol–water partition coefficient (Wildman–Crippen LogP) is 5.00. The van der Waals surface area contributed by atoms with E-state index >= 15 is 0 Å². The molecule has 0 aliphatic carbocycles. The van der Waals surface area contributed by atoms with Crippen LogP contribution in [0.4, 0.5) is 5.95 Å². The van der Waals surface area contributed by atoms with E-state index in [9.17, 15) is 0 Å². The molecule has 0 amide bonds. The van der Waals surface area contributed by atoms with Gasteiger partial charge in [0.25, 0.3) is 0 Å². The Kier molecular flexibility index (Phi) is 5.26. The van der Waals surface area contributed by atoms with E-state index in [0.29, 0.717) is 47.5 Å². The minimum Gasteiger partial charge on any atom is -0.491 e. The summed E-state index contributed by atoms with van der Waals surface area (Å²) in [7, 11) is 1.91. The lowest BCUT2D eigenvalue weighted by molar-refractivity contribution is 0.357. The van der Waals surface area contributed by atoms with Crippen molar-refractivity contribution in [3.05, 3.63) is 39.2 Å². The highest BCUT2D eigenvalue weighted by atomic mass is 35.5. The molecule has 4 rings (SSSR count). The van der Waals surface area contributed by atoms with Crippen LogP contribution in [0.5, 0.6) is 5.75 Å². The second kappa shape index (κ2) is 7.71. The molecular weight excluding hydrogens is 429 g/mol. The fourth-order valence-corrected chi connectivity index (χ4v) is 5.08. The number of fused-ring (bicyclic) bond motifs is 2. The number of rotatable bonds is 5. The Labute approximate surface area is 182 Å². The van der Waals surface area contributed by atoms with Crippen molar-refractivity contribution in [1.29, 1.82) is 5.26 Å². The number of halogens is 2. The van der Waals surface area contributed by atoms with Gasteiger partial charge in [-0.3, -0.25) is 0 Å². The van der Waals surface area contributed by atoms with Crippen molar-refractivity contribution in [2.75, 3.05) is 25.9 Å². The van der Waals surface area contributed by atoms with Gasteiger partial charge in [-0.15, -0.1) is 11.3 Å². The first-order chi connectivity index (χ1) is 13.9. The number of nitrogen functional groups attached to an aromatic ring is 1. The number of nitrogens with two attached hydrogens (primary N) is 1. The maximum absolute atomic E-state index is 8.83. The molecule has 148 valence electrons. The molecule has 2 N–H and O–H groups in total. The Hall–Kier alpha value is -2.53. The van der Waals surface area contributed by atoms with Crippen LogP contribution in [0.3, 0.4) is 0 Å².